The number of benzene rings is 1. The second-order valence-electron chi connectivity index (χ2n) is 3.31. The van der Waals surface area contributed by atoms with Gasteiger partial charge in [0, 0.05) is 0 Å². The fourth-order valence-corrected chi connectivity index (χ4v) is 1.22. The molecule has 1 aromatic carbocycles. The molecule has 1 aromatic rings. The van der Waals surface area contributed by atoms with Gasteiger partial charge in [-0.3, -0.25) is 0 Å². The van der Waals surface area contributed by atoms with Crippen molar-refractivity contribution in [1.29, 1.82) is 0 Å². The first-order valence-electron chi connectivity index (χ1n) is 4.17. The lowest BCUT2D eigenvalue weighted by atomic mass is 10.0. The van der Waals surface area contributed by atoms with Crippen LogP contribution in [0.25, 0.3) is 0 Å². The van der Waals surface area contributed by atoms with E-state index in [1.807, 2.05) is 0 Å². The molecule has 1 rings (SSSR count). The van der Waals surface area contributed by atoms with Gasteiger partial charge in [0.1, 0.15) is 0 Å². The number of rotatable bonds is 1. The predicted molar refractivity (Wildman–Crippen MR) is 46.8 cm³/mol. The Balaban J connectivity index is 3.21. The van der Waals surface area contributed by atoms with Crippen LogP contribution in [0.4, 0.5) is 13.2 Å². The molecule has 14 heavy (non-hydrogen) atoms. The van der Waals surface area contributed by atoms with Crippen molar-refractivity contribution >= 4 is 0 Å². The summed E-state index contributed by atoms with van der Waals surface area (Å²) < 4.78 is 37.0. The zero-order valence-corrected chi connectivity index (χ0v) is 7.89. The molecule has 4 heteroatoms. The first-order valence-corrected chi connectivity index (χ1v) is 4.17. The SMILES string of the molecule is Cc1cc([C@H](C)O)cc(C(F)(F)F)c1. The standard InChI is InChI=1S/C10H11F3O/c1-6-3-8(7(2)14)5-9(4-6)10(11,12)13/h3-5,7,14H,1-2H3/t7-/m0/s1. The number of hydrogen-bond donors (Lipinski definition) is 1. The molecule has 0 heterocycles. The summed E-state index contributed by atoms with van der Waals surface area (Å²) in [7, 11) is 0. The molecule has 0 radical (unpaired) electrons. The highest BCUT2D eigenvalue weighted by molar-refractivity contribution is 5.32. The van der Waals surface area contributed by atoms with Crippen LogP contribution in [0.5, 0.6) is 0 Å². The summed E-state index contributed by atoms with van der Waals surface area (Å²) in [4.78, 5) is 0. The van der Waals surface area contributed by atoms with E-state index in [4.69, 9.17) is 0 Å². The maximum absolute atomic E-state index is 12.3. The summed E-state index contributed by atoms with van der Waals surface area (Å²) in [5, 5.41) is 9.17. The fraction of sp³-hybridized carbons (Fsp3) is 0.400. The molecule has 0 bridgehead atoms. The predicted octanol–water partition coefficient (Wildman–Crippen LogP) is 3.07. The Kier molecular flexibility index (Phi) is 2.85. The Morgan fingerprint density at radius 1 is 1.21 bits per heavy atom. The number of aliphatic hydroxyl groups excluding tert-OH is 1. The summed E-state index contributed by atoms with van der Waals surface area (Å²) in [6.07, 6.45) is -5.23. The highest BCUT2D eigenvalue weighted by atomic mass is 19.4. The third-order valence-corrected chi connectivity index (χ3v) is 1.91. The molecule has 0 amide bonds. The topological polar surface area (TPSA) is 20.2 Å². The van der Waals surface area contributed by atoms with Gasteiger partial charge in [-0.05, 0) is 31.5 Å². The molecule has 0 aliphatic heterocycles. The van der Waals surface area contributed by atoms with Gasteiger partial charge in [0.15, 0.2) is 0 Å². The summed E-state index contributed by atoms with van der Waals surface area (Å²) in [5.74, 6) is 0. The van der Waals surface area contributed by atoms with Crippen LogP contribution < -0.4 is 0 Å². The lowest BCUT2D eigenvalue weighted by molar-refractivity contribution is -0.137. The minimum atomic E-state index is -4.35. The lowest BCUT2D eigenvalue weighted by Crippen LogP contribution is -2.07. The third-order valence-electron chi connectivity index (χ3n) is 1.91. The average Bonchev–Trinajstić information content (AvgIpc) is 2.01. The van der Waals surface area contributed by atoms with E-state index in [1.54, 1.807) is 13.0 Å². The zero-order chi connectivity index (χ0) is 10.9. The molecule has 0 spiro atoms. The number of aryl methyl sites for hydroxylation is 1. The van der Waals surface area contributed by atoms with Crippen LogP contribution in [-0.4, -0.2) is 5.11 Å². The van der Waals surface area contributed by atoms with Crippen LogP contribution in [0.1, 0.15) is 29.7 Å². The van der Waals surface area contributed by atoms with Crippen molar-refractivity contribution in [2.24, 2.45) is 0 Å². The average molecular weight is 204 g/mol. The van der Waals surface area contributed by atoms with Crippen molar-refractivity contribution in [3.63, 3.8) is 0 Å². The van der Waals surface area contributed by atoms with Crippen LogP contribution in [0.15, 0.2) is 18.2 Å². The second kappa shape index (κ2) is 3.61. The van der Waals surface area contributed by atoms with Gasteiger partial charge in [-0.2, -0.15) is 13.2 Å². The smallest absolute Gasteiger partial charge is 0.389 e. The van der Waals surface area contributed by atoms with Gasteiger partial charge in [-0.15, -0.1) is 0 Å². The Morgan fingerprint density at radius 3 is 2.21 bits per heavy atom. The van der Waals surface area contributed by atoms with Gasteiger partial charge in [-0.25, -0.2) is 0 Å². The number of hydrogen-bond acceptors (Lipinski definition) is 1. The van der Waals surface area contributed by atoms with E-state index < -0.39 is 17.8 Å². The van der Waals surface area contributed by atoms with Crippen molar-refractivity contribution in [3.8, 4) is 0 Å². The lowest BCUT2D eigenvalue weighted by Gasteiger charge is -2.11. The summed E-state index contributed by atoms with van der Waals surface area (Å²) >= 11 is 0. The zero-order valence-electron chi connectivity index (χ0n) is 7.89. The van der Waals surface area contributed by atoms with E-state index in [-0.39, 0.29) is 5.56 Å². The van der Waals surface area contributed by atoms with E-state index in [2.05, 4.69) is 0 Å². The van der Waals surface area contributed by atoms with E-state index in [1.165, 1.54) is 6.92 Å². The van der Waals surface area contributed by atoms with E-state index >= 15 is 0 Å². The molecule has 0 aliphatic rings. The number of halogens is 3. The molecular formula is C10H11F3O. The van der Waals surface area contributed by atoms with Crippen LogP contribution >= 0.6 is 0 Å². The minimum absolute atomic E-state index is 0.289. The largest absolute Gasteiger partial charge is 0.416 e. The van der Waals surface area contributed by atoms with Gasteiger partial charge >= 0.3 is 6.18 Å². The van der Waals surface area contributed by atoms with Crippen molar-refractivity contribution in [1.82, 2.24) is 0 Å². The van der Waals surface area contributed by atoms with Gasteiger partial charge < -0.3 is 5.11 Å². The van der Waals surface area contributed by atoms with Gasteiger partial charge in [0.25, 0.3) is 0 Å². The Bertz CT molecular complexity index is 329. The quantitative estimate of drug-likeness (QED) is 0.745. The van der Waals surface area contributed by atoms with Crippen molar-refractivity contribution in [2.45, 2.75) is 26.1 Å². The Hall–Kier alpha value is -1.03. The van der Waals surface area contributed by atoms with Crippen LogP contribution in [0, 0.1) is 6.92 Å². The maximum Gasteiger partial charge on any atom is 0.416 e. The molecule has 1 N–H and O–H groups in total. The second-order valence-corrected chi connectivity index (χ2v) is 3.31. The molecule has 0 aromatic heterocycles. The van der Waals surface area contributed by atoms with E-state index in [0.717, 1.165) is 12.1 Å². The van der Waals surface area contributed by atoms with Crippen LogP contribution in [-0.2, 0) is 6.18 Å². The normalized spacial score (nSPS) is 14.1. The third kappa shape index (κ3) is 2.48. The molecule has 0 saturated carbocycles. The van der Waals surface area contributed by atoms with Gasteiger partial charge in [-0.1, -0.05) is 11.6 Å². The highest BCUT2D eigenvalue weighted by Crippen LogP contribution is 2.31. The maximum atomic E-state index is 12.3. The molecule has 78 valence electrons. The minimum Gasteiger partial charge on any atom is -0.389 e. The van der Waals surface area contributed by atoms with Crippen molar-refractivity contribution < 1.29 is 18.3 Å². The molecule has 1 nitrogen and oxygen atoms in total. The van der Waals surface area contributed by atoms with Crippen molar-refractivity contribution in [3.05, 3.63) is 34.9 Å². The highest BCUT2D eigenvalue weighted by Gasteiger charge is 2.31. The summed E-state index contributed by atoms with van der Waals surface area (Å²) in [5.41, 5.74) is 0.0708. The number of aliphatic hydroxyl groups is 1. The van der Waals surface area contributed by atoms with Gasteiger partial charge in [0.2, 0.25) is 0 Å². The molecule has 0 fully saturated rings. The molecular weight excluding hydrogens is 193 g/mol. The van der Waals surface area contributed by atoms with Gasteiger partial charge in [0.05, 0.1) is 11.7 Å². The first kappa shape index (κ1) is 11.0. The van der Waals surface area contributed by atoms with Crippen LogP contribution in [0.2, 0.25) is 0 Å². The van der Waals surface area contributed by atoms with E-state index in [0.29, 0.717) is 5.56 Å². The van der Waals surface area contributed by atoms with Crippen LogP contribution in [0.3, 0.4) is 0 Å². The number of alkyl halides is 3. The Morgan fingerprint density at radius 2 is 1.79 bits per heavy atom. The van der Waals surface area contributed by atoms with E-state index in [9.17, 15) is 18.3 Å². The first-order chi connectivity index (χ1) is 6.30. The molecule has 0 aliphatic carbocycles. The summed E-state index contributed by atoms with van der Waals surface area (Å²) in [6.45, 7) is 3.01. The monoisotopic (exact) mass is 204 g/mol. The molecule has 0 saturated heterocycles. The fourth-order valence-electron chi connectivity index (χ4n) is 1.22. The summed E-state index contributed by atoms with van der Waals surface area (Å²) in [6, 6.07) is 3.57. The Labute approximate surface area is 80.2 Å². The molecule has 1 atom stereocenters. The van der Waals surface area contributed by atoms with Crippen molar-refractivity contribution in [2.75, 3.05) is 0 Å². The molecule has 0 unspecified atom stereocenters.